The number of fused-ring (bicyclic) bond motifs is 2. The molecule has 1 aliphatic carbocycles. The third-order valence-electron chi connectivity index (χ3n) is 5.27. The van der Waals surface area contributed by atoms with Gasteiger partial charge in [-0.2, -0.15) is 0 Å². The van der Waals surface area contributed by atoms with E-state index in [9.17, 15) is 9.59 Å². The Morgan fingerprint density at radius 2 is 2.00 bits per heavy atom. The summed E-state index contributed by atoms with van der Waals surface area (Å²) in [6, 6.07) is 11.0. The molecule has 2 amide bonds. The summed E-state index contributed by atoms with van der Waals surface area (Å²) in [5, 5.41) is 3.45. The summed E-state index contributed by atoms with van der Waals surface area (Å²) in [7, 11) is 0. The summed E-state index contributed by atoms with van der Waals surface area (Å²) >= 11 is 13.5. The number of amides is 2. The Labute approximate surface area is 180 Å². The van der Waals surface area contributed by atoms with Gasteiger partial charge in [0.05, 0.1) is 15.9 Å². The number of pyridine rings is 1. The van der Waals surface area contributed by atoms with Crippen LogP contribution in [0.25, 0.3) is 10.9 Å². The first-order chi connectivity index (χ1) is 14.0. The van der Waals surface area contributed by atoms with Crippen molar-refractivity contribution in [3.8, 4) is 11.5 Å². The molecule has 5 rings (SSSR count). The Bertz CT molecular complexity index is 1180. The molecule has 2 heterocycles. The Hall–Kier alpha value is -2.28. The first kappa shape index (κ1) is 18.7. The number of imide groups is 1. The zero-order valence-corrected chi connectivity index (χ0v) is 17.3. The van der Waals surface area contributed by atoms with Gasteiger partial charge in [-0.15, -0.1) is 0 Å². The van der Waals surface area contributed by atoms with E-state index in [0.29, 0.717) is 32.4 Å². The summed E-state index contributed by atoms with van der Waals surface area (Å²) in [5.74, 6) is 1.12. The van der Waals surface area contributed by atoms with Crippen LogP contribution in [0.5, 0.6) is 11.5 Å². The van der Waals surface area contributed by atoms with Crippen molar-refractivity contribution >= 4 is 57.0 Å². The van der Waals surface area contributed by atoms with Crippen molar-refractivity contribution in [3.05, 3.63) is 63.8 Å². The Balaban J connectivity index is 1.46. The van der Waals surface area contributed by atoms with E-state index in [2.05, 4.69) is 10.3 Å². The van der Waals surface area contributed by atoms with E-state index in [-0.39, 0.29) is 22.3 Å². The molecule has 2 aliphatic rings. The Kier molecular flexibility index (Phi) is 4.65. The van der Waals surface area contributed by atoms with E-state index in [1.54, 1.807) is 24.4 Å². The third kappa shape index (κ3) is 3.35. The van der Waals surface area contributed by atoms with E-state index in [4.69, 9.17) is 27.9 Å². The minimum Gasteiger partial charge on any atom is -0.457 e. The van der Waals surface area contributed by atoms with Crippen molar-refractivity contribution in [2.24, 2.45) is 0 Å². The monoisotopic (exact) mass is 444 g/mol. The molecule has 2 aromatic carbocycles. The number of halogens is 2. The first-order valence-electron chi connectivity index (χ1n) is 9.05. The largest absolute Gasteiger partial charge is 0.457 e. The number of ether oxygens (including phenoxy) is 1. The number of aromatic nitrogens is 1. The fourth-order valence-electron chi connectivity index (χ4n) is 4.03. The van der Waals surface area contributed by atoms with Crippen LogP contribution in [-0.4, -0.2) is 21.4 Å². The van der Waals surface area contributed by atoms with Gasteiger partial charge in [0, 0.05) is 17.1 Å². The van der Waals surface area contributed by atoms with Gasteiger partial charge < -0.3 is 4.74 Å². The van der Waals surface area contributed by atoms with Crippen molar-refractivity contribution in [3.63, 3.8) is 0 Å². The molecule has 1 unspecified atom stereocenters. The number of hydrogen-bond acceptors (Lipinski definition) is 5. The number of nitrogens with one attached hydrogen (secondary N) is 1. The fourth-order valence-corrected chi connectivity index (χ4v) is 5.60. The molecule has 146 valence electrons. The molecule has 1 N–H and O–H groups in total. The second-order valence-electron chi connectivity index (χ2n) is 7.01. The lowest BCUT2D eigenvalue weighted by Crippen LogP contribution is -2.27. The highest BCUT2D eigenvalue weighted by molar-refractivity contribution is 8.15. The molecule has 0 saturated carbocycles. The average molecular weight is 445 g/mol. The molecule has 0 spiro atoms. The summed E-state index contributed by atoms with van der Waals surface area (Å²) in [4.78, 5) is 27.9. The number of rotatable bonds is 3. The van der Waals surface area contributed by atoms with E-state index in [1.165, 1.54) is 0 Å². The maximum absolute atomic E-state index is 12.1. The zero-order chi connectivity index (χ0) is 20.1. The molecule has 1 saturated heterocycles. The third-order valence-corrected chi connectivity index (χ3v) is 6.90. The van der Waals surface area contributed by atoms with Gasteiger partial charge in [-0.3, -0.25) is 19.9 Å². The van der Waals surface area contributed by atoms with Gasteiger partial charge in [-0.1, -0.05) is 41.0 Å². The fraction of sp³-hybridized carbons (Fsp3) is 0.190. The second-order valence-corrected chi connectivity index (χ2v) is 8.97. The van der Waals surface area contributed by atoms with Gasteiger partial charge >= 0.3 is 0 Å². The number of carbonyl (C=O) groups excluding carboxylic acids is 2. The van der Waals surface area contributed by atoms with Crippen LogP contribution in [0.2, 0.25) is 10.0 Å². The smallest absolute Gasteiger partial charge is 0.286 e. The predicted molar refractivity (Wildman–Crippen MR) is 114 cm³/mol. The van der Waals surface area contributed by atoms with Gasteiger partial charge in [-0.05, 0) is 54.3 Å². The second kappa shape index (κ2) is 7.20. The zero-order valence-electron chi connectivity index (χ0n) is 14.9. The van der Waals surface area contributed by atoms with Crippen molar-refractivity contribution in [1.29, 1.82) is 0 Å². The number of thioether (sulfide) groups is 1. The summed E-state index contributed by atoms with van der Waals surface area (Å²) in [6.07, 6.45) is 3.32. The molecule has 1 aromatic heterocycles. The lowest BCUT2D eigenvalue weighted by molar-refractivity contribution is -0.119. The standard InChI is InChI=1S/C21H14Cl2N2O3S/c22-11-8-15(23)18-16(9-11)24-6-5-17(18)28-12-2-4-13-10(7-12)1-3-14(13)19-20(26)25-21(27)29-19/h2,4-9,14,19H,1,3H2,(H,25,26,27)/t14-,19?/m0/s1. The van der Waals surface area contributed by atoms with Gasteiger partial charge in [0.1, 0.15) is 16.7 Å². The summed E-state index contributed by atoms with van der Waals surface area (Å²) in [6.45, 7) is 0. The minimum absolute atomic E-state index is 0.0360. The van der Waals surface area contributed by atoms with Crippen molar-refractivity contribution in [2.45, 2.75) is 24.0 Å². The summed E-state index contributed by atoms with van der Waals surface area (Å²) in [5.41, 5.74) is 2.90. The highest BCUT2D eigenvalue weighted by Gasteiger charge is 2.41. The molecule has 29 heavy (non-hydrogen) atoms. The molecule has 1 fully saturated rings. The van der Waals surface area contributed by atoms with E-state index in [0.717, 1.165) is 35.7 Å². The average Bonchev–Trinajstić information content (AvgIpc) is 3.23. The quantitative estimate of drug-likeness (QED) is 0.559. The highest BCUT2D eigenvalue weighted by Crippen LogP contribution is 2.44. The molecule has 0 radical (unpaired) electrons. The van der Waals surface area contributed by atoms with Gasteiger partial charge in [0.25, 0.3) is 5.24 Å². The van der Waals surface area contributed by atoms with Crippen LogP contribution in [0.1, 0.15) is 23.5 Å². The lowest BCUT2D eigenvalue weighted by Gasteiger charge is -2.16. The van der Waals surface area contributed by atoms with Crippen LogP contribution in [-0.2, 0) is 11.2 Å². The number of carbonyl (C=O) groups is 2. The maximum Gasteiger partial charge on any atom is 0.286 e. The minimum atomic E-state index is -0.358. The molecule has 2 atom stereocenters. The normalized spacial score (nSPS) is 20.8. The SMILES string of the molecule is O=C1NC(=O)C([C@H]2CCc3cc(Oc4ccnc5cc(Cl)cc(Cl)c45)ccc32)S1. The van der Waals surface area contributed by atoms with Crippen LogP contribution in [0.4, 0.5) is 4.79 Å². The van der Waals surface area contributed by atoms with Crippen molar-refractivity contribution in [2.75, 3.05) is 0 Å². The van der Waals surface area contributed by atoms with E-state index >= 15 is 0 Å². The number of benzene rings is 2. The van der Waals surface area contributed by atoms with Crippen LogP contribution in [0.3, 0.4) is 0 Å². The molecule has 8 heteroatoms. The van der Waals surface area contributed by atoms with Gasteiger partial charge in [-0.25, -0.2) is 0 Å². The maximum atomic E-state index is 12.1. The molecular weight excluding hydrogens is 431 g/mol. The van der Waals surface area contributed by atoms with Crippen LogP contribution < -0.4 is 10.1 Å². The van der Waals surface area contributed by atoms with Crippen LogP contribution >= 0.6 is 35.0 Å². The number of hydrogen-bond donors (Lipinski definition) is 1. The highest BCUT2D eigenvalue weighted by atomic mass is 35.5. The Morgan fingerprint density at radius 3 is 2.79 bits per heavy atom. The van der Waals surface area contributed by atoms with Gasteiger partial charge in [0.2, 0.25) is 5.91 Å². The molecule has 5 nitrogen and oxygen atoms in total. The molecular formula is C21H14Cl2N2O3S. The number of nitrogens with zero attached hydrogens (tertiary/aromatic N) is 1. The first-order valence-corrected chi connectivity index (χ1v) is 10.7. The van der Waals surface area contributed by atoms with Gasteiger partial charge in [0.15, 0.2) is 0 Å². The lowest BCUT2D eigenvalue weighted by atomic mass is 9.97. The molecule has 0 bridgehead atoms. The van der Waals surface area contributed by atoms with Crippen molar-refractivity contribution in [1.82, 2.24) is 10.3 Å². The van der Waals surface area contributed by atoms with Crippen molar-refractivity contribution < 1.29 is 14.3 Å². The van der Waals surface area contributed by atoms with Crippen LogP contribution in [0.15, 0.2) is 42.6 Å². The van der Waals surface area contributed by atoms with E-state index < -0.39 is 0 Å². The molecule has 1 aliphatic heterocycles. The summed E-state index contributed by atoms with van der Waals surface area (Å²) < 4.78 is 6.13. The predicted octanol–water partition coefficient (Wildman–Crippen LogP) is 5.72. The van der Waals surface area contributed by atoms with Crippen LogP contribution in [0, 0.1) is 0 Å². The number of aryl methyl sites for hydroxylation is 1. The topological polar surface area (TPSA) is 68.3 Å². The Morgan fingerprint density at radius 1 is 1.14 bits per heavy atom. The van der Waals surface area contributed by atoms with E-state index in [1.807, 2.05) is 18.2 Å². The molecule has 3 aromatic rings.